The summed E-state index contributed by atoms with van der Waals surface area (Å²) in [5, 5.41) is 9.10. The van der Waals surface area contributed by atoms with E-state index < -0.39 is 10.0 Å². The largest absolute Gasteiger partial charge is 0.377 e. The number of hydrogen-bond acceptors (Lipinski definition) is 9. The van der Waals surface area contributed by atoms with Crippen LogP contribution in [0, 0.1) is 0 Å². The maximum atomic E-state index is 13.1. The van der Waals surface area contributed by atoms with Gasteiger partial charge in [0, 0.05) is 84.7 Å². The molecule has 198 valence electrons. The van der Waals surface area contributed by atoms with E-state index in [0.717, 1.165) is 56.8 Å². The molecule has 1 unspecified atom stereocenters. The predicted molar refractivity (Wildman–Crippen MR) is 138 cm³/mol. The summed E-state index contributed by atoms with van der Waals surface area (Å²) >= 11 is 0. The van der Waals surface area contributed by atoms with Crippen molar-refractivity contribution in [2.45, 2.75) is 43.7 Å². The third kappa shape index (κ3) is 5.36. The van der Waals surface area contributed by atoms with Crippen LogP contribution < -0.4 is 9.80 Å². The van der Waals surface area contributed by atoms with Crippen LogP contribution in [0.5, 0.6) is 0 Å². The molecular formula is C24H38N8O3S. The quantitative estimate of drug-likeness (QED) is 0.534. The summed E-state index contributed by atoms with van der Waals surface area (Å²) in [5.41, 5.74) is 0. The van der Waals surface area contributed by atoms with Gasteiger partial charge in [-0.2, -0.15) is 4.31 Å². The van der Waals surface area contributed by atoms with E-state index in [1.54, 1.807) is 10.8 Å². The Hall–Kier alpha value is -2.28. The van der Waals surface area contributed by atoms with E-state index >= 15 is 0 Å². The van der Waals surface area contributed by atoms with Gasteiger partial charge in [-0.15, -0.1) is 10.2 Å². The van der Waals surface area contributed by atoms with Gasteiger partial charge >= 0.3 is 0 Å². The van der Waals surface area contributed by atoms with Crippen molar-refractivity contribution in [2.24, 2.45) is 7.05 Å². The number of imidazole rings is 1. The summed E-state index contributed by atoms with van der Waals surface area (Å²) in [6, 6.07) is 4.03. The highest BCUT2D eigenvalue weighted by molar-refractivity contribution is 7.89. The van der Waals surface area contributed by atoms with Gasteiger partial charge in [0.05, 0.1) is 6.10 Å². The smallest absolute Gasteiger partial charge is 0.262 e. The molecule has 3 aliphatic heterocycles. The molecule has 0 bridgehead atoms. The highest BCUT2D eigenvalue weighted by Gasteiger charge is 2.32. The van der Waals surface area contributed by atoms with Gasteiger partial charge in [0.15, 0.2) is 16.7 Å². The van der Waals surface area contributed by atoms with Crippen LogP contribution in [0.4, 0.5) is 11.6 Å². The molecule has 0 aliphatic carbocycles. The molecule has 12 heteroatoms. The molecule has 11 nitrogen and oxygen atoms in total. The molecule has 5 heterocycles. The average molecular weight is 519 g/mol. The zero-order valence-electron chi connectivity index (χ0n) is 21.6. The van der Waals surface area contributed by atoms with Crippen LogP contribution in [-0.2, 0) is 21.8 Å². The molecular weight excluding hydrogens is 480 g/mol. The second-order valence-electron chi connectivity index (χ2n) is 10.3. The monoisotopic (exact) mass is 518 g/mol. The van der Waals surface area contributed by atoms with Gasteiger partial charge < -0.3 is 19.1 Å². The fourth-order valence-corrected chi connectivity index (χ4v) is 6.70. The van der Waals surface area contributed by atoms with E-state index in [2.05, 4.69) is 29.9 Å². The number of nitrogens with zero attached hydrogens (tertiary/aromatic N) is 8. The lowest BCUT2D eigenvalue weighted by molar-refractivity contribution is 0.0712. The van der Waals surface area contributed by atoms with Crippen molar-refractivity contribution >= 4 is 21.7 Å². The Kier molecular flexibility index (Phi) is 7.47. The predicted octanol–water partition coefficient (Wildman–Crippen LogP) is 1.15. The minimum Gasteiger partial charge on any atom is -0.377 e. The minimum atomic E-state index is -3.62. The molecule has 0 N–H and O–H groups in total. The van der Waals surface area contributed by atoms with Crippen molar-refractivity contribution in [3.05, 3.63) is 24.2 Å². The Balaban J connectivity index is 1.13. The maximum Gasteiger partial charge on any atom is 0.262 e. The third-order valence-electron chi connectivity index (χ3n) is 7.39. The van der Waals surface area contributed by atoms with Crippen LogP contribution >= 0.6 is 0 Å². The summed E-state index contributed by atoms with van der Waals surface area (Å²) in [6.45, 7) is 11.8. The van der Waals surface area contributed by atoms with E-state index in [0.29, 0.717) is 32.3 Å². The van der Waals surface area contributed by atoms with Gasteiger partial charge in [0.2, 0.25) is 0 Å². The number of ether oxygens (including phenoxy) is 1. The van der Waals surface area contributed by atoms with Crippen molar-refractivity contribution in [1.29, 1.82) is 0 Å². The number of sulfonamides is 1. The number of aromatic nitrogens is 4. The third-order valence-corrected chi connectivity index (χ3v) is 9.16. The van der Waals surface area contributed by atoms with Crippen LogP contribution in [0.1, 0.15) is 38.4 Å². The number of piperazine rings is 2. The molecule has 0 radical (unpaired) electrons. The molecule has 2 aromatic rings. The zero-order chi connectivity index (χ0) is 25.3. The number of rotatable bonds is 7. The molecule has 3 saturated heterocycles. The lowest BCUT2D eigenvalue weighted by atomic mass is 10.2. The average Bonchev–Trinajstić information content (AvgIpc) is 3.55. The first-order valence-electron chi connectivity index (χ1n) is 13.0. The number of anilines is 2. The first-order valence-corrected chi connectivity index (χ1v) is 14.5. The summed E-state index contributed by atoms with van der Waals surface area (Å²) in [5.74, 6) is 2.61. The van der Waals surface area contributed by atoms with E-state index in [9.17, 15) is 8.42 Å². The molecule has 0 saturated carbocycles. The van der Waals surface area contributed by atoms with Crippen molar-refractivity contribution in [1.82, 2.24) is 29.0 Å². The molecule has 2 aromatic heterocycles. The number of hydrogen-bond donors (Lipinski definition) is 0. The Bertz CT molecular complexity index is 1110. The van der Waals surface area contributed by atoms with E-state index in [1.165, 1.54) is 17.1 Å². The molecule has 36 heavy (non-hydrogen) atoms. The summed E-state index contributed by atoms with van der Waals surface area (Å²) in [4.78, 5) is 11.3. The standard InChI is InChI=1S/C24H38N8O3S/c1-19(2)24-25-23(18-28(24)3)36(33,34)32-14-12-31(13-15-32)22-7-6-21(26-27-22)30-10-8-29(9-11-30)17-20-5-4-16-35-20/h6-7,18-20H,4-5,8-17H2,1-3H3. The van der Waals surface area contributed by atoms with E-state index in [1.807, 2.05) is 33.0 Å². The second-order valence-corrected chi connectivity index (χ2v) is 12.2. The van der Waals surface area contributed by atoms with E-state index in [-0.39, 0.29) is 10.9 Å². The fourth-order valence-electron chi connectivity index (χ4n) is 5.29. The van der Waals surface area contributed by atoms with Crippen molar-refractivity contribution in [3.63, 3.8) is 0 Å². The number of aryl methyl sites for hydroxylation is 1. The minimum absolute atomic E-state index is 0.127. The second kappa shape index (κ2) is 10.6. The first kappa shape index (κ1) is 25.4. The Morgan fingerprint density at radius 2 is 1.58 bits per heavy atom. The zero-order valence-corrected chi connectivity index (χ0v) is 22.4. The topological polar surface area (TPSA) is 99.9 Å². The fraction of sp³-hybridized carbons (Fsp3) is 0.708. The molecule has 0 aromatic carbocycles. The highest BCUT2D eigenvalue weighted by atomic mass is 32.2. The van der Waals surface area contributed by atoms with Crippen LogP contribution in [0.2, 0.25) is 0 Å². The van der Waals surface area contributed by atoms with Crippen LogP contribution in [0.25, 0.3) is 0 Å². The van der Waals surface area contributed by atoms with Crippen molar-refractivity contribution in [3.8, 4) is 0 Å². The Morgan fingerprint density at radius 3 is 2.08 bits per heavy atom. The molecule has 0 amide bonds. The summed E-state index contributed by atoms with van der Waals surface area (Å²) in [7, 11) is -1.78. The maximum absolute atomic E-state index is 13.1. The molecule has 3 aliphatic rings. The van der Waals surface area contributed by atoms with E-state index in [4.69, 9.17) is 4.74 Å². The van der Waals surface area contributed by atoms with Gasteiger partial charge in [0.25, 0.3) is 10.0 Å². The lowest BCUT2D eigenvalue weighted by Gasteiger charge is -2.36. The summed E-state index contributed by atoms with van der Waals surface area (Å²) in [6.07, 6.45) is 4.37. The lowest BCUT2D eigenvalue weighted by Crippen LogP contribution is -2.49. The van der Waals surface area contributed by atoms with Crippen LogP contribution in [-0.4, -0.2) is 109 Å². The Morgan fingerprint density at radius 1 is 0.972 bits per heavy atom. The highest BCUT2D eigenvalue weighted by Crippen LogP contribution is 2.23. The van der Waals surface area contributed by atoms with Gasteiger partial charge in [-0.05, 0) is 25.0 Å². The first-order chi connectivity index (χ1) is 17.3. The molecule has 1 atom stereocenters. The molecule has 5 rings (SSSR count). The van der Waals surface area contributed by atoms with Crippen molar-refractivity contribution < 1.29 is 13.2 Å². The summed E-state index contributed by atoms with van der Waals surface area (Å²) < 4.78 is 35.4. The van der Waals surface area contributed by atoms with Gasteiger partial charge in [-0.25, -0.2) is 13.4 Å². The van der Waals surface area contributed by atoms with Gasteiger partial charge in [-0.3, -0.25) is 4.90 Å². The molecule has 0 spiro atoms. The van der Waals surface area contributed by atoms with Gasteiger partial charge in [0.1, 0.15) is 5.82 Å². The Labute approximate surface area is 214 Å². The SMILES string of the molecule is CC(C)c1nc(S(=O)(=O)N2CCN(c3ccc(N4CCN(CC5CCCO5)CC4)nn3)CC2)cn1C. The van der Waals surface area contributed by atoms with Crippen LogP contribution in [0.3, 0.4) is 0 Å². The van der Waals surface area contributed by atoms with Gasteiger partial charge in [-0.1, -0.05) is 13.8 Å². The van der Waals surface area contributed by atoms with Crippen LogP contribution in [0.15, 0.2) is 23.4 Å². The van der Waals surface area contributed by atoms with Crippen molar-refractivity contribution in [2.75, 3.05) is 75.3 Å². The normalized spacial score (nSPS) is 22.6. The molecule has 3 fully saturated rings.